The molecule has 0 aliphatic carbocycles. The number of esters is 1. The van der Waals surface area contributed by atoms with E-state index < -0.39 is 32.8 Å². The van der Waals surface area contributed by atoms with E-state index in [9.17, 15) is 18.0 Å². The van der Waals surface area contributed by atoms with Gasteiger partial charge >= 0.3 is 12.1 Å². The molecule has 0 saturated carbocycles. The Labute approximate surface area is 153 Å². The molecule has 0 aromatic heterocycles. The van der Waals surface area contributed by atoms with E-state index in [1.54, 1.807) is 31.2 Å². The maximum atomic E-state index is 12.2. The summed E-state index contributed by atoms with van der Waals surface area (Å²) in [5, 5.41) is 0. The van der Waals surface area contributed by atoms with E-state index in [0.29, 0.717) is 11.3 Å². The Bertz CT molecular complexity index is 839. The summed E-state index contributed by atoms with van der Waals surface area (Å²) in [4.78, 5) is 25.8. The number of hydrogen-bond acceptors (Lipinski definition) is 6. The lowest BCUT2D eigenvalue weighted by molar-refractivity contribution is -0.146. The van der Waals surface area contributed by atoms with Crippen molar-refractivity contribution in [3.8, 4) is 12.3 Å². The van der Waals surface area contributed by atoms with Gasteiger partial charge in [0.25, 0.3) is 0 Å². The SMILES string of the molecule is C#Cc1ccc(N2C[C@H](C[C@](C)(C(=O)OCC)S(C)(=O)=O)OC2=O)cc1. The van der Waals surface area contributed by atoms with Gasteiger partial charge in [0, 0.05) is 23.9 Å². The molecule has 26 heavy (non-hydrogen) atoms. The Balaban J connectivity index is 2.20. The lowest BCUT2D eigenvalue weighted by atomic mass is 10.0. The topological polar surface area (TPSA) is 90.0 Å². The highest BCUT2D eigenvalue weighted by atomic mass is 32.2. The van der Waals surface area contributed by atoms with Crippen molar-refractivity contribution in [1.29, 1.82) is 0 Å². The van der Waals surface area contributed by atoms with Crippen molar-refractivity contribution in [2.75, 3.05) is 24.3 Å². The van der Waals surface area contributed by atoms with Crippen molar-refractivity contribution in [3.05, 3.63) is 29.8 Å². The molecule has 8 heteroatoms. The average molecular weight is 379 g/mol. The van der Waals surface area contributed by atoms with E-state index in [1.165, 1.54) is 11.8 Å². The fraction of sp³-hybridized carbons (Fsp3) is 0.444. The van der Waals surface area contributed by atoms with Crippen LogP contribution >= 0.6 is 0 Å². The molecule has 2 atom stereocenters. The zero-order valence-electron chi connectivity index (χ0n) is 14.9. The molecule has 1 aromatic carbocycles. The number of benzene rings is 1. The molecule has 0 N–H and O–H groups in total. The minimum atomic E-state index is -3.79. The molecular formula is C18H21NO6S. The predicted octanol–water partition coefficient (Wildman–Crippen LogP) is 1.75. The van der Waals surface area contributed by atoms with Gasteiger partial charge in [-0.3, -0.25) is 9.69 Å². The van der Waals surface area contributed by atoms with E-state index in [4.69, 9.17) is 15.9 Å². The molecule has 1 aliphatic heterocycles. The molecule has 0 radical (unpaired) electrons. The highest BCUT2D eigenvalue weighted by Gasteiger charge is 2.49. The van der Waals surface area contributed by atoms with Crippen molar-refractivity contribution < 1.29 is 27.5 Å². The van der Waals surface area contributed by atoms with Gasteiger partial charge in [0.1, 0.15) is 6.10 Å². The predicted molar refractivity (Wildman–Crippen MR) is 96.5 cm³/mol. The van der Waals surface area contributed by atoms with Crippen LogP contribution in [0.1, 0.15) is 25.8 Å². The van der Waals surface area contributed by atoms with Gasteiger partial charge in [-0.2, -0.15) is 0 Å². The first-order chi connectivity index (χ1) is 12.1. The fourth-order valence-corrected chi connectivity index (χ4v) is 3.53. The summed E-state index contributed by atoms with van der Waals surface area (Å²) in [5.74, 6) is 1.63. The molecule has 1 aliphatic rings. The minimum Gasteiger partial charge on any atom is -0.465 e. The van der Waals surface area contributed by atoms with Crippen molar-refractivity contribution in [3.63, 3.8) is 0 Å². The Morgan fingerprint density at radius 3 is 2.54 bits per heavy atom. The summed E-state index contributed by atoms with van der Waals surface area (Å²) in [7, 11) is -3.79. The Morgan fingerprint density at radius 1 is 1.42 bits per heavy atom. The Kier molecular flexibility index (Phi) is 5.62. The first kappa shape index (κ1) is 19.8. The number of sulfone groups is 1. The van der Waals surface area contributed by atoms with Crippen molar-refractivity contribution in [2.24, 2.45) is 0 Å². The number of terminal acetylenes is 1. The van der Waals surface area contributed by atoms with Crippen molar-refractivity contribution in [1.82, 2.24) is 0 Å². The van der Waals surface area contributed by atoms with Crippen molar-refractivity contribution in [2.45, 2.75) is 31.1 Å². The number of rotatable bonds is 6. The van der Waals surface area contributed by atoms with Crippen LogP contribution in [-0.2, 0) is 24.1 Å². The zero-order valence-corrected chi connectivity index (χ0v) is 15.7. The molecular weight excluding hydrogens is 358 g/mol. The third kappa shape index (κ3) is 3.83. The molecule has 0 spiro atoms. The summed E-state index contributed by atoms with van der Waals surface area (Å²) in [6, 6.07) is 6.74. The van der Waals surface area contributed by atoms with Gasteiger partial charge in [-0.1, -0.05) is 5.92 Å². The van der Waals surface area contributed by atoms with Crippen LogP contribution in [0.2, 0.25) is 0 Å². The van der Waals surface area contributed by atoms with Crippen LogP contribution in [0.15, 0.2) is 24.3 Å². The molecule has 1 saturated heterocycles. The summed E-state index contributed by atoms with van der Waals surface area (Å²) < 4.78 is 32.8. The van der Waals surface area contributed by atoms with E-state index in [-0.39, 0.29) is 19.6 Å². The van der Waals surface area contributed by atoms with E-state index in [0.717, 1.165) is 6.26 Å². The van der Waals surface area contributed by atoms with E-state index in [1.807, 2.05) is 0 Å². The summed E-state index contributed by atoms with van der Waals surface area (Å²) in [6.45, 7) is 3.07. The van der Waals surface area contributed by atoms with Gasteiger partial charge in [0.05, 0.1) is 13.2 Å². The van der Waals surface area contributed by atoms with E-state index >= 15 is 0 Å². The number of ether oxygens (including phenoxy) is 2. The van der Waals surface area contributed by atoms with Crippen LogP contribution in [0.4, 0.5) is 10.5 Å². The summed E-state index contributed by atoms with van der Waals surface area (Å²) >= 11 is 0. The number of carbonyl (C=O) groups is 2. The first-order valence-electron chi connectivity index (χ1n) is 8.04. The quantitative estimate of drug-likeness (QED) is 0.553. The molecule has 140 valence electrons. The van der Waals surface area contributed by atoms with Gasteiger partial charge < -0.3 is 9.47 Å². The normalized spacial score (nSPS) is 19.4. The Morgan fingerprint density at radius 2 is 2.04 bits per heavy atom. The zero-order chi connectivity index (χ0) is 19.5. The monoisotopic (exact) mass is 379 g/mol. The molecule has 1 heterocycles. The average Bonchev–Trinajstić information content (AvgIpc) is 2.94. The van der Waals surface area contributed by atoms with Gasteiger partial charge in [-0.15, -0.1) is 6.42 Å². The second kappa shape index (κ2) is 7.38. The minimum absolute atomic E-state index is 0.0576. The molecule has 2 rings (SSSR count). The molecule has 0 bridgehead atoms. The van der Waals surface area contributed by atoms with Crippen LogP contribution in [-0.4, -0.2) is 50.7 Å². The lowest BCUT2D eigenvalue weighted by Crippen LogP contribution is -2.47. The number of amides is 1. The smallest absolute Gasteiger partial charge is 0.414 e. The Hall–Kier alpha value is -2.53. The van der Waals surface area contributed by atoms with Gasteiger partial charge in [0.2, 0.25) is 0 Å². The highest BCUT2D eigenvalue weighted by Crippen LogP contribution is 2.30. The number of carbonyl (C=O) groups excluding carboxylic acids is 2. The maximum absolute atomic E-state index is 12.2. The van der Waals surface area contributed by atoms with Gasteiger partial charge in [0.15, 0.2) is 14.6 Å². The third-order valence-electron chi connectivity index (χ3n) is 4.36. The first-order valence-corrected chi connectivity index (χ1v) is 9.93. The lowest BCUT2D eigenvalue weighted by Gasteiger charge is -2.27. The second-order valence-corrected chi connectivity index (χ2v) is 8.68. The van der Waals surface area contributed by atoms with Crippen LogP contribution in [0.3, 0.4) is 0 Å². The van der Waals surface area contributed by atoms with Crippen LogP contribution < -0.4 is 4.90 Å². The largest absolute Gasteiger partial charge is 0.465 e. The molecule has 1 aromatic rings. The number of nitrogens with zero attached hydrogens (tertiary/aromatic N) is 1. The van der Waals surface area contributed by atoms with Crippen molar-refractivity contribution >= 4 is 27.6 Å². The number of anilines is 1. The molecule has 1 amide bonds. The molecule has 1 fully saturated rings. The van der Waals surface area contributed by atoms with E-state index in [2.05, 4.69) is 5.92 Å². The standard InChI is InChI=1S/C18H21NO6S/c1-5-13-7-9-14(10-8-13)19-12-15(25-17(19)21)11-18(3,26(4,22)23)16(20)24-6-2/h1,7-10,15H,6,11-12H2,2-4H3/t15-,18+/m0/s1. The second-order valence-electron chi connectivity index (χ2n) is 6.24. The molecule has 7 nitrogen and oxygen atoms in total. The summed E-state index contributed by atoms with van der Waals surface area (Å²) in [6.07, 6.45) is 4.72. The fourth-order valence-electron chi connectivity index (χ4n) is 2.68. The number of hydrogen-bond donors (Lipinski definition) is 0. The van der Waals surface area contributed by atoms with Crippen LogP contribution in [0.25, 0.3) is 0 Å². The third-order valence-corrected chi connectivity index (χ3v) is 6.33. The maximum Gasteiger partial charge on any atom is 0.414 e. The van der Waals surface area contributed by atoms with Crippen LogP contribution in [0.5, 0.6) is 0 Å². The summed E-state index contributed by atoms with van der Waals surface area (Å²) in [5.41, 5.74) is 1.25. The molecule has 0 unspecified atom stereocenters. The number of cyclic esters (lactones) is 1. The van der Waals surface area contributed by atoms with Crippen LogP contribution in [0, 0.1) is 12.3 Å². The van der Waals surface area contributed by atoms with Gasteiger partial charge in [-0.05, 0) is 38.1 Å². The highest BCUT2D eigenvalue weighted by molar-refractivity contribution is 7.92. The van der Waals surface area contributed by atoms with Gasteiger partial charge in [-0.25, -0.2) is 13.2 Å².